The van der Waals surface area contributed by atoms with Crippen LogP contribution < -0.4 is 0 Å². The minimum absolute atomic E-state index is 0.0178. The fraction of sp³-hybridized carbons (Fsp3) is 0.375. The Morgan fingerprint density at radius 3 is 2.63 bits per heavy atom. The van der Waals surface area contributed by atoms with Gasteiger partial charge in [-0.15, -0.1) is 11.3 Å². The van der Waals surface area contributed by atoms with E-state index in [2.05, 4.69) is 11.8 Å². The zero-order chi connectivity index (χ0) is 21.1. The van der Waals surface area contributed by atoms with Crippen LogP contribution in [0.5, 0.6) is 0 Å². The van der Waals surface area contributed by atoms with E-state index in [9.17, 15) is 14.4 Å². The number of carbonyl (C=O) groups is 3. The first-order chi connectivity index (χ1) is 14.5. The highest BCUT2D eigenvalue weighted by atomic mass is 32.1. The molecule has 154 valence electrons. The quantitative estimate of drug-likeness (QED) is 0.552. The third-order valence-electron chi connectivity index (χ3n) is 5.90. The van der Waals surface area contributed by atoms with Crippen LogP contribution in [-0.4, -0.2) is 53.1 Å². The minimum atomic E-state index is -0.128. The molecule has 2 aromatic rings. The van der Waals surface area contributed by atoms with Gasteiger partial charge in [-0.05, 0) is 50.3 Å². The molecule has 0 N–H and O–H groups in total. The van der Waals surface area contributed by atoms with Gasteiger partial charge in [0.1, 0.15) is 0 Å². The van der Waals surface area contributed by atoms with E-state index in [-0.39, 0.29) is 29.6 Å². The smallest absolute Gasteiger partial charge is 0.299 e. The predicted octanol–water partition coefficient (Wildman–Crippen LogP) is 3.46. The van der Waals surface area contributed by atoms with E-state index in [1.807, 2.05) is 40.1 Å². The largest absolute Gasteiger partial charge is 0.338 e. The molecule has 1 aromatic carbocycles. The number of hydrogen-bond donors (Lipinski definition) is 0. The summed E-state index contributed by atoms with van der Waals surface area (Å²) in [4.78, 5) is 41.6. The zero-order valence-corrected chi connectivity index (χ0v) is 17.8. The molecule has 0 spiro atoms. The Morgan fingerprint density at radius 2 is 1.90 bits per heavy atom. The van der Waals surface area contributed by atoms with Crippen molar-refractivity contribution in [2.75, 3.05) is 19.6 Å². The van der Waals surface area contributed by atoms with Crippen molar-refractivity contribution in [1.82, 2.24) is 9.80 Å². The molecule has 5 nitrogen and oxygen atoms in total. The van der Waals surface area contributed by atoms with Gasteiger partial charge in [-0.3, -0.25) is 14.4 Å². The normalized spacial score (nSPS) is 20.7. The summed E-state index contributed by atoms with van der Waals surface area (Å²) in [5, 5.41) is 1.76. The molecule has 0 radical (unpaired) electrons. The van der Waals surface area contributed by atoms with Crippen LogP contribution in [0.3, 0.4) is 0 Å². The molecular formula is C24H24N2O3S. The Bertz CT molecular complexity index is 1020. The highest BCUT2D eigenvalue weighted by Crippen LogP contribution is 2.31. The molecule has 6 heteroatoms. The molecule has 2 atom stereocenters. The number of hydrogen-bond acceptors (Lipinski definition) is 4. The summed E-state index contributed by atoms with van der Waals surface area (Å²) < 4.78 is 0. The summed E-state index contributed by atoms with van der Waals surface area (Å²) in [6, 6.07) is 11.4. The third kappa shape index (κ3) is 4.31. The first kappa shape index (κ1) is 20.4. The Morgan fingerprint density at radius 1 is 1.10 bits per heavy atom. The van der Waals surface area contributed by atoms with Gasteiger partial charge in [-0.2, -0.15) is 0 Å². The summed E-state index contributed by atoms with van der Waals surface area (Å²) in [5.41, 5.74) is 1.42. The van der Waals surface area contributed by atoms with Crippen molar-refractivity contribution in [2.45, 2.75) is 32.2 Å². The lowest BCUT2D eigenvalue weighted by molar-refractivity contribution is -0.131. The Labute approximate surface area is 180 Å². The van der Waals surface area contributed by atoms with Crippen molar-refractivity contribution in [3.63, 3.8) is 0 Å². The average Bonchev–Trinajstić information content (AvgIpc) is 3.27. The lowest BCUT2D eigenvalue weighted by atomic mass is 9.83. The summed E-state index contributed by atoms with van der Waals surface area (Å²) in [7, 11) is 0. The first-order valence-electron chi connectivity index (χ1n) is 10.3. The molecule has 0 unspecified atom stereocenters. The second kappa shape index (κ2) is 8.85. The molecule has 1 aromatic heterocycles. The number of piperidine rings is 2. The molecule has 2 amide bonds. The van der Waals surface area contributed by atoms with Crippen LogP contribution >= 0.6 is 11.3 Å². The molecule has 2 saturated heterocycles. The van der Waals surface area contributed by atoms with Crippen LogP contribution in [0.15, 0.2) is 41.8 Å². The predicted molar refractivity (Wildman–Crippen MR) is 116 cm³/mol. The maximum Gasteiger partial charge on any atom is 0.299 e. The fourth-order valence-corrected chi connectivity index (χ4v) is 5.16. The number of carbonyl (C=O) groups excluding carboxylic acids is 3. The van der Waals surface area contributed by atoms with Crippen molar-refractivity contribution in [1.29, 1.82) is 0 Å². The van der Waals surface area contributed by atoms with E-state index in [1.165, 1.54) is 18.3 Å². The van der Waals surface area contributed by atoms with Gasteiger partial charge in [0.15, 0.2) is 5.78 Å². The van der Waals surface area contributed by atoms with Crippen LogP contribution in [-0.2, 0) is 4.79 Å². The molecule has 2 aliphatic rings. The monoisotopic (exact) mass is 420 g/mol. The van der Waals surface area contributed by atoms with Crippen LogP contribution in [0, 0.1) is 17.8 Å². The van der Waals surface area contributed by atoms with E-state index >= 15 is 0 Å². The first-order valence-corrected chi connectivity index (χ1v) is 11.2. The number of likely N-dealkylation sites (tertiary alicyclic amines) is 2. The Balaban J connectivity index is 1.42. The van der Waals surface area contributed by atoms with Gasteiger partial charge >= 0.3 is 0 Å². The molecule has 3 heterocycles. The second-order valence-electron chi connectivity index (χ2n) is 7.88. The van der Waals surface area contributed by atoms with E-state index in [1.54, 1.807) is 11.4 Å². The number of rotatable bonds is 2. The number of thiophene rings is 1. The van der Waals surface area contributed by atoms with Crippen LogP contribution in [0.4, 0.5) is 0 Å². The molecule has 0 bridgehead atoms. The van der Waals surface area contributed by atoms with Crippen molar-refractivity contribution in [3.05, 3.63) is 57.8 Å². The molecule has 2 fully saturated rings. The number of ketones is 1. The molecule has 0 saturated carbocycles. The number of fused-ring (bicyclic) bond motifs is 1. The highest BCUT2D eigenvalue weighted by molar-refractivity contribution is 7.12. The van der Waals surface area contributed by atoms with Crippen LogP contribution in [0.2, 0.25) is 0 Å². The molecule has 2 aliphatic heterocycles. The summed E-state index contributed by atoms with van der Waals surface area (Å²) in [6.07, 6.45) is 2.69. The lowest BCUT2D eigenvalue weighted by Gasteiger charge is -2.46. The van der Waals surface area contributed by atoms with Gasteiger partial charge in [-0.1, -0.05) is 24.1 Å². The van der Waals surface area contributed by atoms with E-state index in [0.29, 0.717) is 23.5 Å². The van der Waals surface area contributed by atoms with E-state index in [4.69, 9.17) is 0 Å². The van der Waals surface area contributed by atoms with Gasteiger partial charge in [0.25, 0.3) is 11.8 Å². The van der Waals surface area contributed by atoms with Gasteiger partial charge in [0, 0.05) is 42.5 Å². The second-order valence-corrected chi connectivity index (χ2v) is 8.79. The van der Waals surface area contributed by atoms with Crippen molar-refractivity contribution >= 4 is 28.9 Å². The number of benzene rings is 1. The van der Waals surface area contributed by atoms with Crippen LogP contribution in [0.1, 0.15) is 51.8 Å². The van der Waals surface area contributed by atoms with Gasteiger partial charge in [0.2, 0.25) is 0 Å². The molecule has 30 heavy (non-hydrogen) atoms. The maximum absolute atomic E-state index is 12.9. The van der Waals surface area contributed by atoms with Crippen molar-refractivity contribution in [2.24, 2.45) is 5.92 Å². The topological polar surface area (TPSA) is 57.7 Å². The van der Waals surface area contributed by atoms with E-state index in [0.717, 1.165) is 31.4 Å². The fourth-order valence-electron chi connectivity index (χ4n) is 4.37. The van der Waals surface area contributed by atoms with Gasteiger partial charge < -0.3 is 9.80 Å². The SMILES string of the molecule is CC(=O)c1cc(C(=O)N2CC[C@H]3[C@H](CCCN3C(=O)C#Cc3ccccc3)C2)cs1. The zero-order valence-electron chi connectivity index (χ0n) is 17.0. The summed E-state index contributed by atoms with van der Waals surface area (Å²) in [5.74, 6) is 5.87. The maximum atomic E-state index is 12.9. The molecule has 4 rings (SSSR count). The standard InChI is InChI=1S/C24H24N2O3S/c1-17(27)22-14-20(16-30-22)24(29)25-13-11-21-19(15-25)8-5-12-26(21)23(28)10-9-18-6-3-2-4-7-18/h2-4,6-7,14,16,19,21H,5,8,11-13,15H2,1H3/t19-,21+/m1/s1. The molecular weight excluding hydrogens is 396 g/mol. The third-order valence-corrected chi connectivity index (χ3v) is 6.93. The Hall–Kier alpha value is -2.91. The summed E-state index contributed by atoms with van der Waals surface area (Å²) >= 11 is 1.32. The summed E-state index contributed by atoms with van der Waals surface area (Å²) in [6.45, 7) is 3.50. The van der Waals surface area contributed by atoms with Gasteiger partial charge in [-0.25, -0.2) is 0 Å². The number of Topliss-reactive ketones (excluding diaryl/α,β-unsaturated/α-hetero) is 1. The average molecular weight is 421 g/mol. The Kier molecular flexibility index (Phi) is 6.01. The highest BCUT2D eigenvalue weighted by Gasteiger charge is 2.39. The van der Waals surface area contributed by atoms with E-state index < -0.39 is 0 Å². The van der Waals surface area contributed by atoms with Gasteiger partial charge in [0.05, 0.1) is 10.4 Å². The molecule has 0 aliphatic carbocycles. The van der Waals surface area contributed by atoms with Crippen LogP contribution in [0.25, 0.3) is 0 Å². The lowest BCUT2D eigenvalue weighted by Crippen LogP contribution is -2.56. The van der Waals surface area contributed by atoms with Crippen molar-refractivity contribution in [3.8, 4) is 11.8 Å². The minimum Gasteiger partial charge on any atom is -0.338 e. The number of nitrogens with zero attached hydrogens (tertiary/aromatic N) is 2. The van der Waals surface area contributed by atoms with Crippen molar-refractivity contribution < 1.29 is 14.4 Å². The number of amides is 2.